The fourth-order valence-corrected chi connectivity index (χ4v) is 4.28. The number of nitrogens with one attached hydrogen (secondary N) is 1. The number of anilines is 1. The maximum Gasteiger partial charge on any atom is 0.417 e. The van der Waals surface area contributed by atoms with E-state index in [9.17, 15) is 22.8 Å². The van der Waals surface area contributed by atoms with Gasteiger partial charge in [-0.2, -0.15) is 18.4 Å². The number of hydrogen-bond acceptors (Lipinski definition) is 5. The molecule has 1 saturated heterocycles. The second kappa shape index (κ2) is 8.53. The summed E-state index contributed by atoms with van der Waals surface area (Å²) in [7, 11) is 1.43. The van der Waals surface area contributed by atoms with Crippen LogP contribution in [0, 0.1) is 11.3 Å². The van der Waals surface area contributed by atoms with Crippen LogP contribution in [0.1, 0.15) is 20.8 Å². The van der Waals surface area contributed by atoms with Gasteiger partial charge in [-0.15, -0.1) is 11.3 Å². The van der Waals surface area contributed by atoms with Crippen molar-refractivity contribution in [1.29, 1.82) is 5.26 Å². The van der Waals surface area contributed by atoms with Crippen LogP contribution >= 0.6 is 22.9 Å². The van der Waals surface area contributed by atoms with Crippen molar-refractivity contribution in [2.75, 3.05) is 31.6 Å². The van der Waals surface area contributed by atoms with Crippen LogP contribution in [-0.2, 0) is 11.0 Å². The number of nitrogens with zero attached hydrogens (tertiary/aromatic N) is 3. The SMILES string of the molecule is CNC(=O)C1CN(c2ccc(C#N)c(C(F)(F)F)c2)CCN1C(=O)c1ccc(Cl)s1. The van der Waals surface area contributed by atoms with E-state index in [-0.39, 0.29) is 31.2 Å². The maximum absolute atomic E-state index is 13.3. The summed E-state index contributed by atoms with van der Waals surface area (Å²) < 4.78 is 40.3. The van der Waals surface area contributed by atoms with E-state index >= 15 is 0 Å². The number of piperazine rings is 1. The molecule has 1 aromatic carbocycles. The van der Waals surface area contributed by atoms with Gasteiger partial charge in [-0.1, -0.05) is 11.6 Å². The Balaban J connectivity index is 1.90. The van der Waals surface area contributed by atoms with Gasteiger partial charge in [0.05, 0.1) is 26.4 Å². The summed E-state index contributed by atoms with van der Waals surface area (Å²) >= 11 is 6.98. The van der Waals surface area contributed by atoms with E-state index in [1.807, 2.05) is 0 Å². The average molecular weight is 457 g/mol. The molecule has 0 bridgehead atoms. The molecular formula is C19H16ClF3N4O2S. The average Bonchev–Trinajstić information content (AvgIpc) is 3.17. The first-order valence-corrected chi connectivity index (χ1v) is 9.99. The van der Waals surface area contributed by atoms with Gasteiger partial charge in [-0.3, -0.25) is 9.59 Å². The summed E-state index contributed by atoms with van der Waals surface area (Å²) in [6.45, 7) is 0.364. The van der Waals surface area contributed by atoms with Gasteiger partial charge in [0, 0.05) is 32.4 Å². The molecule has 1 aliphatic heterocycles. The van der Waals surface area contributed by atoms with E-state index in [0.29, 0.717) is 9.21 Å². The molecule has 1 fully saturated rings. The monoisotopic (exact) mass is 456 g/mol. The summed E-state index contributed by atoms with van der Waals surface area (Å²) in [5, 5.41) is 11.5. The second-order valence-electron chi connectivity index (χ2n) is 6.52. The minimum absolute atomic E-state index is 0.00766. The fourth-order valence-electron chi connectivity index (χ4n) is 3.28. The van der Waals surface area contributed by atoms with Crippen LogP contribution < -0.4 is 10.2 Å². The number of likely N-dealkylation sites (N-methyl/N-ethyl adjacent to an activating group) is 1. The molecule has 30 heavy (non-hydrogen) atoms. The summed E-state index contributed by atoms with van der Waals surface area (Å²) in [5.41, 5.74) is -1.29. The van der Waals surface area contributed by atoms with E-state index in [1.54, 1.807) is 23.1 Å². The first-order valence-electron chi connectivity index (χ1n) is 8.80. The van der Waals surface area contributed by atoms with E-state index < -0.39 is 29.3 Å². The van der Waals surface area contributed by atoms with Crippen LogP contribution in [0.2, 0.25) is 4.34 Å². The lowest BCUT2D eigenvalue weighted by atomic mass is 10.0. The second-order valence-corrected chi connectivity index (χ2v) is 8.23. The van der Waals surface area contributed by atoms with Gasteiger partial charge < -0.3 is 15.1 Å². The van der Waals surface area contributed by atoms with Crippen LogP contribution in [0.5, 0.6) is 0 Å². The Morgan fingerprint density at radius 1 is 1.27 bits per heavy atom. The third kappa shape index (κ3) is 4.37. The Kier molecular flexibility index (Phi) is 6.24. The summed E-state index contributed by atoms with van der Waals surface area (Å²) in [5.74, 6) is -0.795. The fraction of sp³-hybridized carbons (Fsp3) is 0.316. The third-order valence-electron chi connectivity index (χ3n) is 4.77. The van der Waals surface area contributed by atoms with Gasteiger partial charge in [0.25, 0.3) is 5.91 Å². The molecule has 1 N–H and O–H groups in total. The number of benzene rings is 1. The first-order chi connectivity index (χ1) is 14.2. The molecule has 1 unspecified atom stereocenters. The molecule has 2 aromatic rings. The van der Waals surface area contributed by atoms with E-state index in [0.717, 1.165) is 23.5 Å². The molecule has 0 saturated carbocycles. The van der Waals surface area contributed by atoms with Crippen molar-refractivity contribution in [1.82, 2.24) is 10.2 Å². The Bertz CT molecular complexity index is 1020. The molecule has 11 heteroatoms. The van der Waals surface area contributed by atoms with Crippen LogP contribution in [0.3, 0.4) is 0 Å². The normalized spacial score (nSPS) is 16.9. The lowest BCUT2D eigenvalue weighted by Gasteiger charge is -2.41. The number of thiophene rings is 1. The van der Waals surface area contributed by atoms with Gasteiger partial charge in [-0.05, 0) is 30.3 Å². The van der Waals surface area contributed by atoms with Crippen molar-refractivity contribution in [3.05, 3.63) is 50.7 Å². The zero-order valence-corrected chi connectivity index (χ0v) is 17.2. The molecule has 3 rings (SSSR count). The van der Waals surface area contributed by atoms with E-state index in [2.05, 4.69) is 5.32 Å². The molecule has 6 nitrogen and oxygen atoms in total. The van der Waals surface area contributed by atoms with Crippen LogP contribution in [-0.4, -0.2) is 49.4 Å². The highest BCUT2D eigenvalue weighted by molar-refractivity contribution is 7.18. The van der Waals surface area contributed by atoms with Crippen molar-refractivity contribution in [3.63, 3.8) is 0 Å². The Hall–Kier alpha value is -2.77. The number of rotatable bonds is 3. The highest BCUT2D eigenvalue weighted by Crippen LogP contribution is 2.35. The quantitative estimate of drug-likeness (QED) is 0.768. The van der Waals surface area contributed by atoms with Crippen molar-refractivity contribution in [3.8, 4) is 6.07 Å². The van der Waals surface area contributed by atoms with E-state index in [1.165, 1.54) is 18.0 Å². The van der Waals surface area contributed by atoms with Gasteiger partial charge in [0.1, 0.15) is 6.04 Å². The minimum atomic E-state index is -4.68. The number of nitriles is 1. The molecule has 0 radical (unpaired) electrons. The number of amides is 2. The Morgan fingerprint density at radius 3 is 2.57 bits per heavy atom. The van der Waals surface area contributed by atoms with Crippen LogP contribution in [0.25, 0.3) is 0 Å². The smallest absolute Gasteiger partial charge is 0.367 e. The van der Waals surface area contributed by atoms with Gasteiger partial charge in [-0.25, -0.2) is 0 Å². The zero-order valence-electron chi connectivity index (χ0n) is 15.7. The van der Waals surface area contributed by atoms with Crippen molar-refractivity contribution >= 4 is 40.4 Å². The first kappa shape index (κ1) is 21.9. The van der Waals surface area contributed by atoms with E-state index in [4.69, 9.17) is 16.9 Å². The largest absolute Gasteiger partial charge is 0.417 e. The molecule has 1 atom stereocenters. The number of hydrogen-bond donors (Lipinski definition) is 1. The number of carbonyl (C=O) groups excluding carboxylic acids is 2. The molecule has 0 aliphatic carbocycles. The summed E-state index contributed by atoms with van der Waals surface area (Å²) in [6, 6.07) is 7.21. The predicted octanol–water partition coefficient (Wildman–Crippen LogP) is 3.37. The molecule has 0 spiro atoms. The molecule has 1 aliphatic rings. The summed E-state index contributed by atoms with van der Waals surface area (Å²) in [4.78, 5) is 28.7. The molecule has 158 valence electrons. The lowest BCUT2D eigenvalue weighted by Crippen LogP contribution is -2.60. The third-order valence-corrected chi connectivity index (χ3v) is 5.99. The van der Waals surface area contributed by atoms with Crippen LogP contribution in [0.15, 0.2) is 30.3 Å². The molecule has 2 heterocycles. The van der Waals surface area contributed by atoms with Gasteiger partial charge in [0.2, 0.25) is 5.91 Å². The Labute approximate surface area is 179 Å². The molecule has 2 amide bonds. The highest BCUT2D eigenvalue weighted by Gasteiger charge is 2.38. The molecular weight excluding hydrogens is 441 g/mol. The summed E-state index contributed by atoms with van der Waals surface area (Å²) in [6.07, 6.45) is -4.68. The number of halogens is 4. The topological polar surface area (TPSA) is 76.4 Å². The standard InChI is InChI=1S/C19H16ClF3N4O2S/c1-25-17(28)14-10-26(6-7-27(14)18(29)15-4-5-16(20)30-15)12-3-2-11(9-24)13(8-12)19(21,22)23/h2-5,8,14H,6-7,10H2,1H3,(H,25,28). The van der Waals surface area contributed by atoms with Gasteiger partial charge >= 0.3 is 6.18 Å². The molecule has 1 aromatic heterocycles. The highest BCUT2D eigenvalue weighted by atomic mass is 35.5. The minimum Gasteiger partial charge on any atom is -0.367 e. The number of carbonyl (C=O) groups is 2. The van der Waals surface area contributed by atoms with Crippen LogP contribution in [0.4, 0.5) is 18.9 Å². The van der Waals surface area contributed by atoms with Crippen molar-refractivity contribution < 1.29 is 22.8 Å². The van der Waals surface area contributed by atoms with Crippen molar-refractivity contribution in [2.24, 2.45) is 0 Å². The zero-order chi connectivity index (χ0) is 22.1. The number of alkyl halides is 3. The predicted molar refractivity (Wildman–Crippen MR) is 107 cm³/mol. The lowest BCUT2D eigenvalue weighted by molar-refractivity contribution is -0.137. The van der Waals surface area contributed by atoms with Crippen molar-refractivity contribution in [2.45, 2.75) is 12.2 Å². The Morgan fingerprint density at radius 2 is 2.00 bits per heavy atom. The van der Waals surface area contributed by atoms with Gasteiger partial charge in [0.15, 0.2) is 0 Å². The maximum atomic E-state index is 13.3.